The fourth-order valence-electron chi connectivity index (χ4n) is 1.24. The van der Waals surface area contributed by atoms with E-state index in [1.54, 1.807) is 6.92 Å². The topological polar surface area (TPSA) is 35.5 Å². The standard InChI is InChI=1S/C11H10ClF3O3/c1-2-17-10(16)5-7-3-4-8(6-9(7)12)18-11(13,14)15/h3-4,6H,2,5H2,1H3. The zero-order valence-corrected chi connectivity index (χ0v) is 10.1. The van der Waals surface area contributed by atoms with E-state index in [9.17, 15) is 18.0 Å². The number of carbonyl (C=O) groups excluding carboxylic acids is 1. The molecule has 1 aromatic rings. The molecule has 0 radical (unpaired) electrons. The van der Waals surface area contributed by atoms with Gasteiger partial charge in [0.15, 0.2) is 0 Å². The smallest absolute Gasteiger partial charge is 0.466 e. The van der Waals surface area contributed by atoms with E-state index in [1.165, 1.54) is 6.07 Å². The summed E-state index contributed by atoms with van der Waals surface area (Å²) < 4.78 is 44.2. The van der Waals surface area contributed by atoms with Crippen molar-refractivity contribution < 1.29 is 27.4 Å². The lowest BCUT2D eigenvalue weighted by molar-refractivity contribution is -0.274. The van der Waals surface area contributed by atoms with Crippen LogP contribution in [0.15, 0.2) is 18.2 Å². The Bertz CT molecular complexity index is 432. The third-order valence-electron chi connectivity index (χ3n) is 1.90. The highest BCUT2D eigenvalue weighted by Gasteiger charge is 2.31. The quantitative estimate of drug-likeness (QED) is 0.795. The number of rotatable bonds is 4. The molecule has 0 fully saturated rings. The molecule has 0 aliphatic heterocycles. The number of alkyl halides is 3. The second-order valence-electron chi connectivity index (χ2n) is 3.28. The molecule has 0 atom stereocenters. The van der Waals surface area contributed by atoms with Crippen molar-refractivity contribution in [1.29, 1.82) is 0 Å². The first-order valence-electron chi connectivity index (χ1n) is 5.01. The summed E-state index contributed by atoms with van der Waals surface area (Å²) in [6, 6.07) is 3.39. The summed E-state index contributed by atoms with van der Waals surface area (Å²) in [4.78, 5) is 11.2. The van der Waals surface area contributed by atoms with Crippen molar-refractivity contribution in [2.24, 2.45) is 0 Å². The molecule has 1 rings (SSSR count). The number of ether oxygens (including phenoxy) is 2. The Kier molecular flexibility index (Phi) is 4.84. The van der Waals surface area contributed by atoms with Crippen LogP contribution in [-0.4, -0.2) is 18.9 Å². The average Bonchev–Trinajstić information content (AvgIpc) is 2.20. The summed E-state index contributed by atoms with van der Waals surface area (Å²) in [6.45, 7) is 1.88. The first-order valence-corrected chi connectivity index (χ1v) is 5.39. The first kappa shape index (κ1) is 14.6. The van der Waals surface area contributed by atoms with Crippen molar-refractivity contribution in [3.05, 3.63) is 28.8 Å². The van der Waals surface area contributed by atoms with Crippen LogP contribution in [0.2, 0.25) is 5.02 Å². The Labute approximate surface area is 106 Å². The van der Waals surface area contributed by atoms with Crippen LogP contribution in [0.4, 0.5) is 13.2 Å². The minimum Gasteiger partial charge on any atom is -0.466 e. The van der Waals surface area contributed by atoms with E-state index in [1.807, 2.05) is 0 Å². The van der Waals surface area contributed by atoms with Crippen LogP contribution in [-0.2, 0) is 16.0 Å². The molecule has 0 aromatic heterocycles. The zero-order valence-electron chi connectivity index (χ0n) is 9.38. The van der Waals surface area contributed by atoms with Crippen molar-refractivity contribution in [3.8, 4) is 5.75 Å². The molecule has 1 aromatic carbocycles. The van der Waals surface area contributed by atoms with Gasteiger partial charge in [0, 0.05) is 5.02 Å². The summed E-state index contributed by atoms with van der Waals surface area (Å²) in [5.74, 6) is -0.927. The van der Waals surface area contributed by atoms with Gasteiger partial charge in [-0.05, 0) is 24.6 Å². The van der Waals surface area contributed by atoms with Gasteiger partial charge in [-0.3, -0.25) is 4.79 Å². The molecule has 100 valence electrons. The van der Waals surface area contributed by atoms with Crippen LogP contribution < -0.4 is 4.74 Å². The Morgan fingerprint density at radius 3 is 2.56 bits per heavy atom. The minimum absolute atomic E-state index is 0.0183. The molecular formula is C11H10ClF3O3. The average molecular weight is 283 g/mol. The lowest BCUT2D eigenvalue weighted by atomic mass is 10.1. The summed E-state index contributed by atoms with van der Waals surface area (Å²) in [7, 11) is 0. The highest BCUT2D eigenvalue weighted by Crippen LogP contribution is 2.27. The van der Waals surface area contributed by atoms with Gasteiger partial charge in [0.1, 0.15) is 5.75 Å². The van der Waals surface area contributed by atoms with Crippen molar-refractivity contribution in [2.45, 2.75) is 19.7 Å². The number of carbonyl (C=O) groups is 1. The van der Waals surface area contributed by atoms with Gasteiger partial charge in [-0.1, -0.05) is 17.7 Å². The fourth-order valence-corrected chi connectivity index (χ4v) is 1.47. The molecule has 18 heavy (non-hydrogen) atoms. The molecule has 0 saturated carbocycles. The van der Waals surface area contributed by atoms with Gasteiger partial charge < -0.3 is 9.47 Å². The highest BCUT2D eigenvalue weighted by atomic mass is 35.5. The molecule has 0 aliphatic rings. The van der Waals surface area contributed by atoms with E-state index in [0.717, 1.165) is 12.1 Å². The second kappa shape index (κ2) is 5.95. The molecule has 0 heterocycles. The van der Waals surface area contributed by atoms with Crippen molar-refractivity contribution >= 4 is 17.6 Å². The summed E-state index contributed by atoms with van der Waals surface area (Å²) in [6.07, 6.45) is -4.87. The lowest BCUT2D eigenvalue weighted by Gasteiger charge is -2.10. The summed E-state index contributed by atoms with van der Waals surface area (Å²) in [5.41, 5.74) is 0.379. The Morgan fingerprint density at radius 1 is 1.39 bits per heavy atom. The predicted octanol–water partition coefficient (Wildman–Crippen LogP) is 3.34. The van der Waals surface area contributed by atoms with E-state index in [4.69, 9.17) is 16.3 Å². The molecule has 0 unspecified atom stereocenters. The summed E-state index contributed by atoms with van der Waals surface area (Å²) in [5, 5.41) is 0.0183. The molecule has 0 spiro atoms. The van der Waals surface area contributed by atoms with Crippen LogP contribution in [0.5, 0.6) is 5.75 Å². The molecule has 0 saturated heterocycles. The van der Waals surface area contributed by atoms with Gasteiger partial charge >= 0.3 is 12.3 Å². The maximum atomic E-state index is 11.9. The summed E-state index contributed by atoms with van der Waals surface area (Å²) >= 11 is 5.75. The van der Waals surface area contributed by atoms with Crippen molar-refractivity contribution in [2.75, 3.05) is 6.61 Å². The maximum absolute atomic E-state index is 11.9. The Morgan fingerprint density at radius 2 is 2.06 bits per heavy atom. The van der Waals surface area contributed by atoms with Crippen LogP contribution in [0.3, 0.4) is 0 Å². The van der Waals surface area contributed by atoms with E-state index >= 15 is 0 Å². The van der Waals surface area contributed by atoms with Gasteiger partial charge in [-0.2, -0.15) is 0 Å². The van der Waals surface area contributed by atoms with E-state index in [0.29, 0.717) is 5.56 Å². The van der Waals surface area contributed by atoms with Gasteiger partial charge in [0.25, 0.3) is 0 Å². The van der Waals surface area contributed by atoms with Gasteiger partial charge in [-0.25, -0.2) is 0 Å². The SMILES string of the molecule is CCOC(=O)Cc1ccc(OC(F)(F)F)cc1Cl. The zero-order chi connectivity index (χ0) is 13.8. The van der Waals surface area contributed by atoms with Crippen LogP contribution in [0.25, 0.3) is 0 Å². The second-order valence-corrected chi connectivity index (χ2v) is 3.69. The lowest BCUT2D eigenvalue weighted by Crippen LogP contribution is -2.17. The highest BCUT2D eigenvalue weighted by molar-refractivity contribution is 6.31. The number of benzene rings is 1. The molecule has 0 bridgehead atoms. The number of hydrogen-bond donors (Lipinski definition) is 0. The normalized spacial score (nSPS) is 11.2. The van der Waals surface area contributed by atoms with E-state index in [2.05, 4.69) is 4.74 Å². The van der Waals surface area contributed by atoms with Crippen molar-refractivity contribution in [3.63, 3.8) is 0 Å². The number of esters is 1. The van der Waals surface area contributed by atoms with E-state index < -0.39 is 18.1 Å². The predicted molar refractivity (Wildman–Crippen MR) is 58.5 cm³/mol. The van der Waals surface area contributed by atoms with Crippen molar-refractivity contribution in [1.82, 2.24) is 0 Å². The number of halogens is 4. The maximum Gasteiger partial charge on any atom is 0.573 e. The van der Waals surface area contributed by atoms with Crippen LogP contribution in [0.1, 0.15) is 12.5 Å². The van der Waals surface area contributed by atoms with Gasteiger partial charge in [0.05, 0.1) is 13.0 Å². The van der Waals surface area contributed by atoms with Crippen LogP contribution in [0, 0.1) is 0 Å². The molecule has 7 heteroatoms. The fraction of sp³-hybridized carbons (Fsp3) is 0.364. The third kappa shape index (κ3) is 4.83. The molecule has 3 nitrogen and oxygen atoms in total. The number of hydrogen-bond acceptors (Lipinski definition) is 3. The van der Waals surface area contributed by atoms with Gasteiger partial charge in [-0.15, -0.1) is 13.2 Å². The minimum atomic E-state index is -4.77. The third-order valence-corrected chi connectivity index (χ3v) is 2.25. The molecular weight excluding hydrogens is 273 g/mol. The molecule has 0 amide bonds. The Hall–Kier alpha value is -1.43. The molecule has 0 N–H and O–H groups in total. The van der Waals surface area contributed by atoms with Gasteiger partial charge in [0.2, 0.25) is 0 Å². The first-order chi connectivity index (χ1) is 8.31. The Balaban J connectivity index is 2.77. The molecule has 0 aliphatic carbocycles. The monoisotopic (exact) mass is 282 g/mol. The van der Waals surface area contributed by atoms with E-state index in [-0.39, 0.29) is 18.1 Å². The van der Waals surface area contributed by atoms with Crippen LogP contribution >= 0.6 is 11.6 Å². The largest absolute Gasteiger partial charge is 0.573 e.